The number of nitrogens with zero attached hydrogens (tertiary/aromatic N) is 1. The highest BCUT2D eigenvalue weighted by atomic mass is 127. The van der Waals surface area contributed by atoms with Gasteiger partial charge in [0, 0.05) is 37.3 Å². The van der Waals surface area contributed by atoms with Crippen molar-refractivity contribution >= 4 is 53.1 Å². The minimum absolute atomic E-state index is 0. The minimum Gasteiger partial charge on any atom is -0.433 e. The highest BCUT2D eigenvalue weighted by Gasteiger charge is 2.17. The third kappa shape index (κ3) is 7.28. The molecule has 1 unspecified atom stereocenters. The number of benzene rings is 1. The van der Waals surface area contributed by atoms with Gasteiger partial charge in [0.15, 0.2) is 5.96 Å². The summed E-state index contributed by atoms with van der Waals surface area (Å²) in [5, 5.41) is 6.51. The van der Waals surface area contributed by atoms with Gasteiger partial charge in [-0.15, -0.1) is 24.0 Å². The fraction of sp³-hybridized carbons (Fsp3) is 0.533. The van der Waals surface area contributed by atoms with Crippen LogP contribution in [0.3, 0.4) is 0 Å². The van der Waals surface area contributed by atoms with Gasteiger partial charge in [0.05, 0.1) is 11.1 Å². The zero-order chi connectivity index (χ0) is 17.5. The van der Waals surface area contributed by atoms with E-state index < -0.39 is 6.61 Å². The zero-order valence-corrected chi connectivity index (χ0v) is 17.4. The summed E-state index contributed by atoms with van der Waals surface area (Å²) in [5.41, 5.74) is 0.410. The Kier molecular flexibility index (Phi) is 10.1. The van der Waals surface area contributed by atoms with Crippen molar-refractivity contribution in [3.05, 3.63) is 27.7 Å². The van der Waals surface area contributed by atoms with E-state index >= 15 is 0 Å². The van der Waals surface area contributed by atoms with Crippen LogP contribution in [0.4, 0.5) is 8.78 Å². The van der Waals surface area contributed by atoms with Gasteiger partial charge in [-0.25, -0.2) is 0 Å². The molecule has 0 aromatic heterocycles. The van der Waals surface area contributed by atoms with E-state index in [0.717, 1.165) is 19.4 Å². The number of halogens is 5. The third-order valence-electron chi connectivity index (χ3n) is 3.48. The van der Waals surface area contributed by atoms with Gasteiger partial charge in [0.2, 0.25) is 0 Å². The van der Waals surface area contributed by atoms with E-state index in [2.05, 4.69) is 20.4 Å². The van der Waals surface area contributed by atoms with Gasteiger partial charge in [0.1, 0.15) is 5.75 Å². The minimum atomic E-state index is -2.97. The molecule has 0 amide bonds. The Morgan fingerprint density at radius 1 is 1.40 bits per heavy atom. The molecule has 0 saturated carbocycles. The molecule has 0 bridgehead atoms. The molecule has 0 radical (unpaired) electrons. The Balaban J connectivity index is 0.00000312. The van der Waals surface area contributed by atoms with E-state index in [1.165, 1.54) is 12.1 Å². The Labute approximate surface area is 172 Å². The summed E-state index contributed by atoms with van der Waals surface area (Å²) in [6.07, 6.45) is 2.20. The molecular formula is C15H20Cl2F2IN3O2. The van der Waals surface area contributed by atoms with Gasteiger partial charge in [-0.1, -0.05) is 23.2 Å². The third-order valence-corrected chi connectivity index (χ3v) is 3.98. The summed E-state index contributed by atoms with van der Waals surface area (Å²) in [6, 6.07) is 2.88. The molecule has 0 spiro atoms. The maximum atomic E-state index is 12.6. The lowest BCUT2D eigenvalue weighted by Gasteiger charge is -2.17. The van der Waals surface area contributed by atoms with E-state index in [9.17, 15) is 8.78 Å². The molecule has 1 aromatic carbocycles. The van der Waals surface area contributed by atoms with Crippen LogP contribution in [0.5, 0.6) is 5.75 Å². The molecule has 1 fully saturated rings. The van der Waals surface area contributed by atoms with Crippen molar-refractivity contribution in [3.63, 3.8) is 0 Å². The van der Waals surface area contributed by atoms with Gasteiger partial charge in [-0.3, -0.25) is 4.99 Å². The molecule has 2 N–H and O–H groups in total. The van der Waals surface area contributed by atoms with Gasteiger partial charge >= 0.3 is 6.61 Å². The first kappa shape index (κ1) is 22.5. The molecule has 5 nitrogen and oxygen atoms in total. The number of guanidine groups is 1. The fourth-order valence-electron chi connectivity index (χ4n) is 2.38. The van der Waals surface area contributed by atoms with Gasteiger partial charge in [-0.05, 0) is 25.0 Å². The monoisotopic (exact) mass is 509 g/mol. The first-order valence-electron chi connectivity index (χ1n) is 7.48. The number of aliphatic imine (C=N–C) groups is 1. The molecule has 2 rings (SSSR count). The zero-order valence-electron chi connectivity index (χ0n) is 13.5. The standard InChI is InChI=1S/C15H19Cl2F2N3O2.HI/c1-20-15(22-8-11-3-2-4-23-11)21-7-9-5-10(16)6-12(17)13(9)24-14(18)19;/h5-6,11,14H,2-4,7-8H2,1H3,(H2,20,21,22);1H. The smallest absolute Gasteiger partial charge is 0.387 e. The maximum absolute atomic E-state index is 12.6. The number of hydrogen-bond donors (Lipinski definition) is 2. The van der Waals surface area contributed by atoms with Gasteiger partial charge in [0.25, 0.3) is 0 Å². The summed E-state index contributed by atoms with van der Waals surface area (Å²) >= 11 is 11.9. The summed E-state index contributed by atoms with van der Waals surface area (Å²) < 4.78 is 35.1. The summed E-state index contributed by atoms with van der Waals surface area (Å²) in [7, 11) is 1.62. The van der Waals surface area contributed by atoms with Crippen LogP contribution in [0.1, 0.15) is 18.4 Å². The second kappa shape index (κ2) is 11.2. The van der Waals surface area contributed by atoms with Crippen LogP contribution in [0.2, 0.25) is 10.0 Å². The van der Waals surface area contributed by atoms with E-state index in [-0.39, 0.29) is 47.4 Å². The van der Waals surface area contributed by atoms with Crippen molar-refractivity contribution in [1.82, 2.24) is 10.6 Å². The van der Waals surface area contributed by atoms with E-state index in [1.807, 2.05) is 0 Å². The Bertz CT molecular complexity index is 588. The number of nitrogens with one attached hydrogen (secondary N) is 2. The number of ether oxygens (including phenoxy) is 2. The highest BCUT2D eigenvalue weighted by molar-refractivity contribution is 14.0. The van der Waals surface area contributed by atoms with Crippen molar-refractivity contribution in [3.8, 4) is 5.75 Å². The average Bonchev–Trinajstić information content (AvgIpc) is 3.03. The summed E-state index contributed by atoms with van der Waals surface area (Å²) in [6.45, 7) is -1.41. The summed E-state index contributed by atoms with van der Waals surface area (Å²) in [4.78, 5) is 4.08. The van der Waals surface area contributed by atoms with Crippen LogP contribution in [0.25, 0.3) is 0 Å². The molecule has 10 heteroatoms. The number of hydrogen-bond acceptors (Lipinski definition) is 3. The lowest BCUT2D eigenvalue weighted by Crippen LogP contribution is -2.40. The van der Waals surface area contributed by atoms with Crippen molar-refractivity contribution in [2.75, 3.05) is 20.2 Å². The molecule has 1 atom stereocenters. The van der Waals surface area contributed by atoms with Crippen LogP contribution >= 0.6 is 47.2 Å². The lowest BCUT2D eigenvalue weighted by molar-refractivity contribution is -0.0504. The van der Waals surface area contributed by atoms with E-state index in [0.29, 0.717) is 23.1 Å². The normalized spacial score (nSPS) is 17.4. The molecule has 142 valence electrons. The summed E-state index contributed by atoms with van der Waals surface area (Å²) in [5.74, 6) is 0.419. The highest BCUT2D eigenvalue weighted by Crippen LogP contribution is 2.33. The van der Waals surface area contributed by atoms with Crippen LogP contribution in [0, 0.1) is 0 Å². The van der Waals surface area contributed by atoms with Crippen LogP contribution in [0.15, 0.2) is 17.1 Å². The van der Waals surface area contributed by atoms with E-state index in [1.54, 1.807) is 7.05 Å². The second-order valence-electron chi connectivity index (χ2n) is 5.20. The van der Waals surface area contributed by atoms with Gasteiger partial charge in [-0.2, -0.15) is 8.78 Å². The fourth-order valence-corrected chi connectivity index (χ4v) is 2.96. The number of alkyl halides is 2. The second-order valence-corrected chi connectivity index (χ2v) is 6.04. The van der Waals surface area contributed by atoms with Crippen LogP contribution in [-0.2, 0) is 11.3 Å². The molecule has 1 saturated heterocycles. The van der Waals surface area contributed by atoms with Crippen molar-refractivity contribution in [2.45, 2.75) is 32.1 Å². The first-order valence-corrected chi connectivity index (χ1v) is 8.24. The maximum Gasteiger partial charge on any atom is 0.387 e. The first-order chi connectivity index (χ1) is 11.5. The van der Waals surface area contributed by atoms with Crippen molar-refractivity contribution in [1.29, 1.82) is 0 Å². The average molecular weight is 510 g/mol. The predicted molar refractivity (Wildman–Crippen MR) is 106 cm³/mol. The quantitative estimate of drug-likeness (QED) is 0.345. The molecule has 0 aliphatic carbocycles. The Morgan fingerprint density at radius 3 is 2.76 bits per heavy atom. The molecule has 1 heterocycles. The van der Waals surface area contributed by atoms with Crippen LogP contribution in [-0.4, -0.2) is 38.9 Å². The molecule has 1 aliphatic heterocycles. The van der Waals surface area contributed by atoms with Crippen molar-refractivity contribution < 1.29 is 18.3 Å². The van der Waals surface area contributed by atoms with Crippen molar-refractivity contribution in [2.24, 2.45) is 4.99 Å². The molecular weight excluding hydrogens is 490 g/mol. The predicted octanol–water partition coefficient (Wildman–Crippen LogP) is 4.06. The Morgan fingerprint density at radius 2 is 2.16 bits per heavy atom. The SMILES string of the molecule is CN=C(NCc1cc(Cl)cc(Cl)c1OC(F)F)NCC1CCCO1.I. The largest absolute Gasteiger partial charge is 0.433 e. The van der Waals surface area contributed by atoms with Crippen LogP contribution < -0.4 is 15.4 Å². The van der Waals surface area contributed by atoms with E-state index in [4.69, 9.17) is 27.9 Å². The van der Waals surface area contributed by atoms with Gasteiger partial charge < -0.3 is 20.1 Å². The molecule has 1 aliphatic rings. The Hall–Kier alpha value is -0.580. The topological polar surface area (TPSA) is 54.9 Å². The molecule has 1 aromatic rings. The number of rotatable bonds is 6. The lowest BCUT2D eigenvalue weighted by atomic mass is 10.2. The molecule has 25 heavy (non-hydrogen) atoms.